The maximum Gasteiger partial charge on any atom is 0.313 e. The lowest BCUT2D eigenvalue weighted by Gasteiger charge is -2.22. The molecule has 0 atom stereocenters. The van der Waals surface area contributed by atoms with Crippen molar-refractivity contribution in [3.8, 4) is 0 Å². The first kappa shape index (κ1) is 15.4. The summed E-state index contributed by atoms with van der Waals surface area (Å²) >= 11 is 5.55. The molecule has 5 nitrogen and oxygen atoms in total. The summed E-state index contributed by atoms with van der Waals surface area (Å²) in [4.78, 5) is 23.1. The number of hydrogen-bond acceptors (Lipinski definition) is 3. The predicted molar refractivity (Wildman–Crippen MR) is 69.3 cm³/mol. The van der Waals surface area contributed by atoms with Crippen molar-refractivity contribution < 1.29 is 19.1 Å². The van der Waals surface area contributed by atoms with Gasteiger partial charge >= 0.3 is 11.8 Å². The Morgan fingerprint density at radius 2 is 2.00 bits per heavy atom. The lowest BCUT2D eigenvalue weighted by atomic mass is 10.1. The van der Waals surface area contributed by atoms with Crippen LogP contribution in [0.25, 0.3) is 0 Å². The fourth-order valence-electron chi connectivity index (χ4n) is 1.17. The zero-order valence-electron chi connectivity index (χ0n) is 10.5. The number of aliphatic hydroxyl groups excluding tert-OH is 1. The predicted octanol–water partition coefficient (Wildman–Crippen LogP) is 1.30. The van der Waals surface area contributed by atoms with Crippen molar-refractivity contribution in [1.82, 2.24) is 5.32 Å². The molecule has 19 heavy (non-hydrogen) atoms. The fraction of sp³-hybridized carbons (Fsp3) is 0.333. The second kappa shape index (κ2) is 5.99. The summed E-state index contributed by atoms with van der Waals surface area (Å²) in [6.07, 6.45) is 0. The van der Waals surface area contributed by atoms with E-state index in [0.717, 1.165) is 6.07 Å². The summed E-state index contributed by atoms with van der Waals surface area (Å²) in [6.45, 7) is 2.81. The van der Waals surface area contributed by atoms with E-state index in [4.69, 9.17) is 16.7 Å². The third-order valence-corrected chi connectivity index (χ3v) is 2.52. The minimum atomic E-state index is -0.927. The summed E-state index contributed by atoms with van der Waals surface area (Å²) in [5.74, 6) is -2.45. The molecule has 0 saturated carbocycles. The van der Waals surface area contributed by atoms with Crippen molar-refractivity contribution in [2.45, 2.75) is 19.4 Å². The number of halogens is 2. The number of aliphatic hydroxyl groups is 1. The summed E-state index contributed by atoms with van der Waals surface area (Å²) in [5, 5.41) is 13.4. The average Bonchev–Trinajstić information content (AvgIpc) is 2.33. The molecule has 0 heterocycles. The van der Waals surface area contributed by atoms with Crippen LogP contribution in [-0.4, -0.2) is 29.1 Å². The number of hydrogen-bond donors (Lipinski definition) is 3. The Labute approximate surface area is 114 Å². The molecule has 104 valence electrons. The molecule has 0 aromatic heterocycles. The van der Waals surface area contributed by atoms with E-state index in [1.54, 1.807) is 13.8 Å². The minimum Gasteiger partial charge on any atom is -0.394 e. The average molecular weight is 289 g/mol. The lowest BCUT2D eigenvalue weighted by Crippen LogP contribution is -2.50. The molecule has 7 heteroatoms. The Morgan fingerprint density at radius 3 is 2.53 bits per heavy atom. The molecule has 0 aliphatic rings. The molecule has 0 bridgehead atoms. The summed E-state index contributed by atoms with van der Waals surface area (Å²) in [5.41, 5.74) is -0.706. The highest BCUT2D eigenvalue weighted by molar-refractivity contribution is 6.40. The van der Waals surface area contributed by atoms with Crippen LogP contribution in [-0.2, 0) is 9.59 Å². The quantitative estimate of drug-likeness (QED) is 0.734. The van der Waals surface area contributed by atoms with Crippen molar-refractivity contribution >= 4 is 29.1 Å². The van der Waals surface area contributed by atoms with Crippen molar-refractivity contribution in [1.29, 1.82) is 0 Å². The highest BCUT2D eigenvalue weighted by atomic mass is 35.5. The van der Waals surface area contributed by atoms with Crippen LogP contribution in [0.5, 0.6) is 0 Å². The molecule has 0 spiro atoms. The Bertz CT molecular complexity index is 506. The van der Waals surface area contributed by atoms with Crippen molar-refractivity contribution in [2.75, 3.05) is 11.9 Å². The molecule has 3 N–H and O–H groups in total. The van der Waals surface area contributed by atoms with Gasteiger partial charge in [0, 0.05) is 5.69 Å². The number of benzene rings is 1. The van der Waals surface area contributed by atoms with E-state index in [0.29, 0.717) is 0 Å². The second-order valence-electron chi connectivity index (χ2n) is 4.58. The van der Waals surface area contributed by atoms with Crippen LogP contribution in [0.1, 0.15) is 13.8 Å². The SMILES string of the molecule is CC(C)(CO)NC(=O)C(=O)Nc1ccc(F)c(Cl)c1. The lowest BCUT2D eigenvalue weighted by molar-refractivity contribution is -0.137. The molecule has 0 unspecified atom stereocenters. The molecule has 2 amide bonds. The van der Waals surface area contributed by atoms with Crippen molar-refractivity contribution in [3.63, 3.8) is 0 Å². The van der Waals surface area contributed by atoms with E-state index in [2.05, 4.69) is 10.6 Å². The van der Waals surface area contributed by atoms with Gasteiger partial charge in [-0.3, -0.25) is 9.59 Å². The first-order valence-electron chi connectivity index (χ1n) is 5.44. The maximum atomic E-state index is 12.9. The van der Waals surface area contributed by atoms with E-state index in [1.165, 1.54) is 12.1 Å². The molecule has 0 fully saturated rings. The smallest absolute Gasteiger partial charge is 0.313 e. The van der Waals surface area contributed by atoms with E-state index in [1.807, 2.05) is 0 Å². The van der Waals surface area contributed by atoms with Crippen LogP contribution >= 0.6 is 11.6 Å². The topological polar surface area (TPSA) is 78.4 Å². The minimum absolute atomic E-state index is 0.158. The van der Waals surface area contributed by atoms with Crippen LogP contribution in [0, 0.1) is 5.82 Å². The van der Waals surface area contributed by atoms with Gasteiger partial charge < -0.3 is 15.7 Å². The van der Waals surface area contributed by atoms with Crippen LogP contribution in [0.15, 0.2) is 18.2 Å². The highest BCUT2D eigenvalue weighted by Crippen LogP contribution is 2.19. The van der Waals surface area contributed by atoms with E-state index in [-0.39, 0.29) is 17.3 Å². The third kappa shape index (κ3) is 4.50. The van der Waals surface area contributed by atoms with Gasteiger partial charge in [0.15, 0.2) is 0 Å². The second-order valence-corrected chi connectivity index (χ2v) is 4.99. The van der Waals surface area contributed by atoms with Gasteiger partial charge in [-0.05, 0) is 32.0 Å². The number of nitrogens with one attached hydrogen (secondary N) is 2. The van der Waals surface area contributed by atoms with Gasteiger partial charge in [0.1, 0.15) is 5.82 Å². The Morgan fingerprint density at radius 1 is 1.37 bits per heavy atom. The molecule has 0 aliphatic heterocycles. The number of amides is 2. The molecular formula is C12H14ClFN2O3. The summed E-state index contributed by atoms with van der Waals surface area (Å²) in [6, 6.07) is 3.55. The third-order valence-electron chi connectivity index (χ3n) is 2.23. The van der Waals surface area contributed by atoms with Crippen LogP contribution in [0.3, 0.4) is 0 Å². The Hall–Kier alpha value is -1.66. The number of anilines is 1. The van der Waals surface area contributed by atoms with Gasteiger partial charge in [0.05, 0.1) is 17.2 Å². The maximum absolute atomic E-state index is 12.9. The van der Waals surface area contributed by atoms with Gasteiger partial charge in [-0.15, -0.1) is 0 Å². The molecule has 0 saturated heterocycles. The number of carbonyl (C=O) groups excluding carboxylic acids is 2. The summed E-state index contributed by atoms with van der Waals surface area (Å²) in [7, 11) is 0. The first-order valence-corrected chi connectivity index (χ1v) is 5.82. The number of carbonyl (C=O) groups is 2. The van der Waals surface area contributed by atoms with Crippen LogP contribution in [0.2, 0.25) is 5.02 Å². The van der Waals surface area contributed by atoms with E-state index < -0.39 is 23.2 Å². The van der Waals surface area contributed by atoms with Gasteiger partial charge in [-0.2, -0.15) is 0 Å². The molecule has 0 radical (unpaired) electrons. The van der Waals surface area contributed by atoms with Crippen molar-refractivity contribution in [2.24, 2.45) is 0 Å². The fourth-order valence-corrected chi connectivity index (χ4v) is 1.35. The first-order chi connectivity index (χ1) is 8.75. The molecule has 1 aromatic carbocycles. The summed E-state index contributed by atoms with van der Waals surface area (Å²) < 4.78 is 12.9. The molecule has 1 aromatic rings. The standard InChI is InChI=1S/C12H14ClFN2O3/c1-12(2,6-17)16-11(19)10(18)15-7-3-4-9(14)8(13)5-7/h3-5,17H,6H2,1-2H3,(H,15,18)(H,16,19). The normalized spacial score (nSPS) is 11.0. The van der Waals surface area contributed by atoms with E-state index >= 15 is 0 Å². The highest BCUT2D eigenvalue weighted by Gasteiger charge is 2.23. The Kier molecular flexibility index (Phi) is 4.85. The van der Waals surface area contributed by atoms with Crippen LogP contribution < -0.4 is 10.6 Å². The van der Waals surface area contributed by atoms with Crippen LogP contribution in [0.4, 0.5) is 10.1 Å². The monoisotopic (exact) mass is 288 g/mol. The molecule has 0 aliphatic carbocycles. The number of rotatable bonds is 3. The molecule has 1 rings (SSSR count). The van der Waals surface area contributed by atoms with Gasteiger partial charge in [-0.25, -0.2) is 4.39 Å². The van der Waals surface area contributed by atoms with E-state index in [9.17, 15) is 14.0 Å². The zero-order chi connectivity index (χ0) is 14.6. The molecular weight excluding hydrogens is 275 g/mol. The van der Waals surface area contributed by atoms with Gasteiger partial charge in [0.25, 0.3) is 0 Å². The largest absolute Gasteiger partial charge is 0.394 e. The zero-order valence-corrected chi connectivity index (χ0v) is 11.2. The Balaban J connectivity index is 2.69. The van der Waals surface area contributed by atoms with Gasteiger partial charge in [0.2, 0.25) is 0 Å². The van der Waals surface area contributed by atoms with Crippen molar-refractivity contribution in [3.05, 3.63) is 29.0 Å². The van der Waals surface area contributed by atoms with Gasteiger partial charge in [-0.1, -0.05) is 11.6 Å².